The van der Waals surface area contributed by atoms with E-state index in [0.717, 1.165) is 6.42 Å². The number of nitrogens with zero attached hydrogens (tertiary/aromatic N) is 5. The van der Waals surface area contributed by atoms with Gasteiger partial charge in [0.15, 0.2) is 0 Å². The monoisotopic (exact) mass is 495 g/mol. The number of para-hydroxylation sites is 1. The number of hydrogen-bond acceptors (Lipinski definition) is 9. The number of hydrogen-bond donors (Lipinski definition) is 0. The van der Waals surface area contributed by atoms with Gasteiger partial charge in [-0.25, -0.2) is 9.88 Å². The fraction of sp³-hybridized carbons (Fsp3) is 0.261. The van der Waals surface area contributed by atoms with E-state index in [1.165, 1.54) is 53.4 Å². The van der Waals surface area contributed by atoms with Gasteiger partial charge < -0.3 is 9.84 Å². The van der Waals surface area contributed by atoms with Gasteiger partial charge in [-0.15, -0.1) is 0 Å². The number of aromatic nitrogens is 3. The molecule has 2 aromatic carbocycles. The molecule has 0 bridgehead atoms. The Labute approximate surface area is 204 Å². The van der Waals surface area contributed by atoms with Crippen molar-refractivity contribution in [1.82, 2.24) is 10.1 Å². The van der Waals surface area contributed by atoms with Crippen LogP contribution in [0.5, 0.6) is 11.6 Å². The van der Waals surface area contributed by atoms with Gasteiger partial charge in [0.2, 0.25) is 5.91 Å². The lowest BCUT2D eigenvalue weighted by Gasteiger charge is -2.33. The SMILES string of the molecule is CCCSc1nc([O-])c2[n+](n1)C(c1cc([N+](=O)[O-])ccc1OC(C)=O)N(C(C)=O)c1ccccc1-2. The van der Waals surface area contributed by atoms with E-state index >= 15 is 0 Å². The molecular weight excluding hydrogens is 474 g/mol. The van der Waals surface area contributed by atoms with Crippen LogP contribution < -0.4 is 19.4 Å². The summed E-state index contributed by atoms with van der Waals surface area (Å²) >= 11 is 1.28. The first kappa shape index (κ1) is 24.1. The summed E-state index contributed by atoms with van der Waals surface area (Å²) in [5.74, 6) is -0.951. The van der Waals surface area contributed by atoms with Crippen molar-refractivity contribution in [1.29, 1.82) is 0 Å². The number of non-ortho nitro benzene ring substituents is 1. The molecule has 1 atom stereocenters. The van der Waals surface area contributed by atoms with Crippen LogP contribution in [0, 0.1) is 10.1 Å². The molecule has 12 heteroatoms. The molecule has 0 saturated carbocycles. The molecule has 2 heterocycles. The molecule has 3 aromatic rings. The van der Waals surface area contributed by atoms with E-state index in [9.17, 15) is 24.8 Å². The second-order valence-electron chi connectivity index (χ2n) is 7.69. The highest BCUT2D eigenvalue weighted by atomic mass is 32.2. The predicted molar refractivity (Wildman–Crippen MR) is 124 cm³/mol. The van der Waals surface area contributed by atoms with E-state index in [1.54, 1.807) is 24.3 Å². The quantitative estimate of drug-likeness (QED) is 0.126. The second kappa shape index (κ2) is 9.66. The summed E-state index contributed by atoms with van der Waals surface area (Å²) < 4.78 is 6.69. The predicted octanol–water partition coefficient (Wildman–Crippen LogP) is 2.75. The number of anilines is 1. The highest BCUT2D eigenvalue weighted by Crippen LogP contribution is 2.43. The number of carbonyl (C=O) groups is 2. The molecule has 4 rings (SSSR count). The van der Waals surface area contributed by atoms with Crippen LogP contribution in [0.25, 0.3) is 11.3 Å². The Balaban J connectivity index is 2.07. The number of thioether (sulfide) groups is 1. The highest BCUT2D eigenvalue weighted by molar-refractivity contribution is 7.99. The highest BCUT2D eigenvalue weighted by Gasteiger charge is 2.46. The van der Waals surface area contributed by atoms with E-state index in [1.807, 2.05) is 6.92 Å². The number of carbonyl (C=O) groups excluding carboxylic acids is 2. The summed E-state index contributed by atoms with van der Waals surface area (Å²) in [7, 11) is 0. The second-order valence-corrected chi connectivity index (χ2v) is 8.76. The van der Waals surface area contributed by atoms with Crippen molar-refractivity contribution in [3.8, 4) is 22.9 Å². The summed E-state index contributed by atoms with van der Waals surface area (Å²) in [5, 5.41) is 29.6. The third-order valence-corrected chi connectivity index (χ3v) is 6.27. The minimum absolute atomic E-state index is 0.00556. The molecule has 0 fully saturated rings. The van der Waals surface area contributed by atoms with Crippen LogP contribution in [0.1, 0.15) is 38.9 Å². The van der Waals surface area contributed by atoms with Crippen molar-refractivity contribution in [2.24, 2.45) is 0 Å². The standard InChI is InChI=1S/C23H21N5O6S/c1-4-11-35-23-24-21(31)20-16-7-5-6-8-18(16)26(13(2)29)22(27(20)25-23)17-12-15(28(32)33)9-10-19(17)34-14(3)30/h5-10,12,22H,4,11H2,1-3H3. The molecule has 1 aliphatic rings. The summed E-state index contributed by atoms with van der Waals surface area (Å²) in [6.07, 6.45) is -0.333. The number of ether oxygens (including phenoxy) is 1. The Bertz CT molecular complexity index is 1350. The van der Waals surface area contributed by atoms with Gasteiger partial charge in [0.05, 0.1) is 27.6 Å². The number of rotatable bonds is 6. The van der Waals surface area contributed by atoms with Gasteiger partial charge >= 0.3 is 5.97 Å². The molecule has 1 amide bonds. The Morgan fingerprint density at radius 2 is 1.97 bits per heavy atom. The maximum Gasteiger partial charge on any atom is 0.308 e. The lowest BCUT2D eigenvalue weighted by molar-refractivity contribution is -0.764. The normalized spacial score (nSPS) is 14.1. The van der Waals surface area contributed by atoms with Crippen molar-refractivity contribution in [2.45, 2.75) is 38.5 Å². The number of esters is 1. The molecule has 0 saturated heterocycles. The van der Waals surface area contributed by atoms with Crippen LogP contribution in [0.15, 0.2) is 47.6 Å². The Morgan fingerprint density at radius 1 is 1.23 bits per heavy atom. The van der Waals surface area contributed by atoms with Gasteiger partial charge in [-0.3, -0.25) is 19.7 Å². The maximum absolute atomic E-state index is 13.2. The van der Waals surface area contributed by atoms with Crippen LogP contribution in [0.4, 0.5) is 11.4 Å². The first-order valence-corrected chi connectivity index (χ1v) is 11.7. The lowest BCUT2D eigenvalue weighted by Crippen LogP contribution is -2.58. The third-order valence-electron chi connectivity index (χ3n) is 5.23. The third kappa shape index (κ3) is 4.52. The van der Waals surface area contributed by atoms with Crippen LogP contribution in [0.3, 0.4) is 0 Å². The summed E-state index contributed by atoms with van der Waals surface area (Å²) in [6, 6.07) is 10.5. The number of nitro benzene ring substituents is 1. The van der Waals surface area contributed by atoms with Crippen LogP contribution in [-0.2, 0) is 9.59 Å². The number of amides is 1. The first-order valence-electron chi connectivity index (χ1n) is 10.7. The molecule has 11 nitrogen and oxygen atoms in total. The molecule has 35 heavy (non-hydrogen) atoms. The number of nitro groups is 1. The number of fused-ring (bicyclic) bond motifs is 3. The average Bonchev–Trinajstić information content (AvgIpc) is 2.81. The van der Waals surface area contributed by atoms with Gasteiger partial charge in [0.1, 0.15) is 5.75 Å². The zero-order chi connectivity index (χ0) is 25.3. The van der Waals surface area contributed by atoms with E-state index in [0.29, 0.717) is 17.0 Å². The topological polar surface area (TPSA) is 142 Å². The van der Waals surface area contributed by atoms with Crippen molar-refractivity contribution in [2.75, 3.05) is 10.7 Å². The minimum Gasteiger partial charge on any atom is -0.854 e. The van der Waals surface area contributed by atoms with E-state index < -0.39 is 28.8 Å². The summed E-state index contributed by atoms with van der Waals surface area (Å²) in [6.45, 7) is 4.51. The average molecular weight is 496 g/mol. The van der Waals surface area contributed by atoms with Crippen molar-refractivity contribution >= 4 is 35.0 Å². The fourth-order valence-electron chi connectivity index (χ4n) is 3.91. The molecule has 1 aromatic heterocycles. The first-order chi connectivity index (χ1) is 16.7. The van der Waals surface area contributed by atoms with Crippen molar-refractivity contribution in [3.63, 3.8) is 0 Å². The summed E-state index contributed by atoms with van der Waals surface area (Å²) in [5.41, 5.74) is 0.798. The molecule has 0 radical (unpaired) electrons. The van der Waals surface area contributed by atoms with E-state index in [2.05, 4.69) is 10.1 Å². The van der Waals surface area contributed by atoms with Crippen molar-refractivity contribution < 1.29 is 29.0 Å². The minimum atomic E-state index is -1.15. The van der Waals surface area contributed by atoms with Gasteiger partial charge in [-0.05, 0) is 24.6 Å². The zero-order valence-electron chi connectivity index (χ0n) is 19.1. The fourth-order valence-corrected chi connectivity index (χ4v) is 4.59. The van der Waals surface area contributed by atoms with Gasteiger partial charge in [0.25, 0.3) is 22.7 Å². The van der Waals surface area contributed by atoms with Gasteiger partial charge in [-0.2, -0.15) is 0 Å². The lowest BCUT2D eigenvalue weighted by atomic mass is 10.0. The molecule has 0 N–H and O–H groups in total. The summed E-state index contributed by atoms with van der Waals surface area (Å²) in [4.78, 5) is 41.3. The van der Waals surface area contributed by atoms with Gasteiger partial charge in [0, 0.05) is 36.8 Å². The maximum atomic E-state index is 13.2. The Morgan fingerprint density at radius 3 is 2.63 bits per heavy atom. The number of benzene rings is 2. The van der Waals surface area contributed by atoms with Crippen LogP contribution in [0.2, 0.25) is 0 Å². The zero-order valence-corrected chi connectivity index (χ0v) is 19.9. The van der Waals surface area contributed by atoms with E-state index in [4.69, 9.17) is 4.74 Å². The van der Waals surface area contributed by atoms with E-state index in [-0.39, 0.29) is 27.9 Å². The molecule has 180 valence electrons. The molecule has 0 spiro atoms. The van der Waals surface area contributed by atoms with Crippen molar-refractivity contribution in [3.05, 3.63) is 58.1 Å². The molecule has 1 unspecified atom stereocenters. The smallest absolute Gasteiger partial charge is 0.308 e. The Hall–Kier alpha value is -4.06. The molecule has 0 aliphatic carbocycles. The van der Waals surface area contributed by atoms with Gasteiger partial charge in [-0.1, -0.05) is 35.5 Å². The van der Waals surface area contributed by atoms with Crippen LogP contribution in [-0.4, -0.2) is 32.6 Å². The molecular formula is C23H21N5O6S. The largest absolute Gasteiger partial charge is 0.854 e. The molecule has 1 aliphatic heterocycles. The van der Waals surface area contributed by atoms with Crippen LogP contribution >= 0.6 is 11.8 Å². The Kier molecular flexibility index (Phi) is 6.65.